The molecule has 15 heavy (non-hydrogen) atoms. The van der Waals surface area contributed by atoms with Crippen LogP contribution in [0.15, 0.2) is 18.2 Å². The topological polar surface area (TPSA) is 33.0 Å². The van der Waals surface area contributed by atoms with Crippen molar-refractivity contribution >= 4 is 0 Å². The van der Waals surface area contributed by atoms with E-state index in [1.54, 1.807) is 0 Å². The van der Waals surface area contributed by atoms with Gasteiger partial charge in [0.2, 0.25) is 0 Å². The lowest BCUT2D eigenvalue weighted by Crippen LogP contribution is -1.98. The van der Waals surface area contributed by atoms with Gasteiger partial charge >= 0.3 is 0 Å². The van der Waals surface area contributed by atoms with Crippen LogP contribution in [0.25, 0.3) is 0 Å². The smallest absolute Gasteiger partial charge is 0.137 e. The minimum atomic E-state index is 0.511. The second-order valence-corrected chi connectivity index (χ2v) is 3.61. The first kappa shape index (κ1) is 11.6. The van der Waals surface area contributed by atoms with Gasteiger partial charge in [0.05, 0.1) is 12.2 Å². The van der Waals surface area contributed by atoms with Crippen molar-refractivity contribution in [3.8, 4) is 11.8 Å². The number of ether oxygens (including phenoxy) is 1. The third-order valence-electron chi connectivity index (χ3n) is 2.61. The van der Waals surface area contributed by atoms with E-state index in [1.807, 2.05) is 25.1 Å². The Morgan fingerprint density at radius 1 is 1.40 bits per heavy atom. The van der Waals surface area contributed by atoms with Gasteiger partial charge in [-0.2, -0.15) is 5.26 Å². The molecule has 0 bridgehead atoms. The Hall–Kier alpha value is -1.49. The minimum Gasteiger partial charge on any atom is -0.492 e. The molecule has 0 saturated heterocycles. The quantitative estimate of drug-likeness (QED) is 0.750. The molecule has 0 amide bonds. The first-order chi connectivity index (χ1) is 7.22. The Morgan fingerprint density at radius 3 is 2.67 bits per heavy atom. The summed E-state index contributed by atoms with van der Waals surface area (Å²) in [5.74, 6) is 1.22. The molecule has 0 aliphatic rings. The summed E-state index contributed by atoms with van der Waals surface area (Å²) in [5, 5.41) is 8.90. The Labute approximate surface area is 91.5 Å². The van der Waals surface area contributed by atoms with E-state index in [9.17, 15) is 0 Å². The molecular formula is C13H17NO. The lowest BCUT2D eigenvalue weighted by molar-refractivity contribution is 0.338. The zero-order chi connectivity index (χ0) is 11.3. The van der Waals surface area contributed by atoms with Crippen LogP contribution in [0.3, 0.4) is 0 Å². The summed E-state index contributed by atoms with van der Waals surface area (Å²) in [4.78, 5) is 0. The molecule has 80 valence electrons. The molecule has 0 radical (unpaired) electrons. The van der Waals surface area contributed by atoms with E-state index in [2.05, 4.69) is 19.9 Å². The van der Waals surface area contributed by atoms with Gasteiger partial charge in [-0.1, -0.05) is 19.9 Å². The van der Waals surface area contributed by atoms with Crippen molar-refractivity contribution in [3.05, 3.63) is 29.3 Å². The zero-order valence-electron chi connectivity index (χ0n) is 9.58. The molecule has 0 saturated carbocycles. The fourth-order valence-corrected chi connectivity index (χ4v) is 1.45. The molecular weight excluding hydrogens is 186 g/mol. The SMILES string of the molecule is CCOc1cc(C(C)CC)ccc1C#N. The zero-order valence-corrected chi connectivity index (χ0v) is 9.58. The van der Waals surface area contributed by atoms with Crippen molar-refractivity contribution in [2.45, 2.75) is 33.1 Å². The maximum atomic E-state index is 8.90. The maximum Gasteiger partial charge on any atom is 0.137 e. The van der Waals surface area contributed by atoms with E-state index in [0.29, 0.717) is 23.8 Å². The van der Waals surface area contributed by atoms with Crippen LogP contribution in [0.1, 0.15) is 44.2 Å². The Kier molecular flexibility index (Phi) is 4.17. The predicted octanol–water partition coefficient (Wildman–Crippen LogP) is 3.47. The van der Waals surface area contributed by atoms with Crippen molar-refractivity contribution in [2.75, 3.05) is 6.61 Å². The van der Waals surface area contributed by atoms with E-state index in [4.69, 9.17) is 10.00 Å². The monoisotopic (exact) mass is 203 g/mol. The molecule has 0 heterocycles. The van der Waals surface area contributed by atoms with Crippen molar-refractivity contribution in [1.82, 2.24) is 0 Å². The third-order valence-corrected chi connectivity index (χ3v) is 2.61. The van der Waals surface area contributed by atoms with Crippen molar-refractivity contribution < 1.29 is 4.74 Å². The van der Waals surface area contributed by atoms with Crippen LogP contribution in [0.4, 0.5) is 0 Å². The number of hydrogen-bond acceptors (Lipinski definition) is 2. The van der Waals surface area contributed by atoms with Gasteiger partial charge in [-0.3, -0.25) is 0 Å². The number of nitriles is 1. The molecule has 1 aromatic carbocycles. The fraction of sp³-hybridized carbons (Fsp3) is 0.462. The van der Waals surface area contributed by atoms with Gasteiger partial charge in [0.15, 0.2) is 0 Å². The van der Waals surface area contributed by atoms with Crippen LogP contribution >= 0.6 is 0 Å². The highest BCUT2D eigenvalue weighted by atomic mass is 16.5. The Morgan fingerprint density at radius 2 is 2.13 bits per heavy atom. The summed E-state index contributed by atoms with van der Waals surface area (Å²) in [6.45, 7) is 6.86. The van der Waals surface area contributed by atoms with Crippen molar-refractivity contribution in [1.29, 1.82) is 5.26 Å². The highest BCUT2D eigenvalue weighted by molar-refractivity contribution is 5.46. The summed E-state index contributed by atoms with van der Waals surface area (Å²) < 4.78 is 5.44. The van der Waals surface area contributed by atoms with Crippen molar-refractivity contribution in [3.63, 3.8) is 0 Å². The highest BCUT2D eigenvalue weighted by Crippen LogP contribution is 2.26. The lowest BCUT2D eigenvalue weighted by Gasteiger charge is -2.12. The summed E-state index contributed by atoms with van der Waals surface area (Å²) >= 11 is 0. The molecule has 0 fully saturated rings. The van der Waals surface area contributed by atoms with Gasteiger partial charge < -0.3 is 4.74 Å². The normalized spacial score (nSPS) is 11.9. The van der Waals surface area contributed by atoms with Gasteiger partial charge in [0.1, 0.15) is 11.8 Å². The molecule has 2 nitrogen and oxygen atoms in total. The van der Waals surface area contributed by atoms with Crippen LogP contribution in [-0.4, -0.2) is 6.61 Å². The van der Waals surface area contributed by atoms with Gasteiger partial charge in [-0.15, -0.1) is 0 Å². The van der Waals surface area contributed by atoms with Gasteiger partial charge in [-0.05, 0) is 37.0 Å². The molecule has 0 aromatic heterocycles. The highest BCUT2D eigenvalue weighted by Gasteiger charge is 2.08. The second kappa shape index (κ2) is 5.41. The summed E-state index contributed by atoms with van der Waals surface area (Å²) in [5.41, 5.74) is 1.85. The molecule has 1 aromatic rings. The number of benzene rings is 1. The summed E-state index contributed by atoms with van der Waals surface area (Å²) in [7, 11) is 0. The number of hydrogen-bond donors (Lipinski definition) is 0. The molecule has 1 rings (SSSR count). The minimum absolute atomic E-state index is 0.511. The number of rotatable bonds is 4. The predicted molar refractivity (Wildman–Crippen MR) is 61.0 cm³/mol. The first-order valence-electron chi connectivity index (χ1n) is 5.39. The molecule has 0 aliphatic heterocycles. The first-order valence-corrected chi connectivity index (χ1v) is 5.39. The average molecular weight is 203 g/mol. The van der Waals surface area contributed by atoms with Crippen LogP contribution in [0, 0.1) is 11.3 Å². The van der Waals surface area contributed by atoms with E-state index in [1.165, 1.54) is 5.56 Å². The molecule has 0 N–H and O–H groups in total. The molecule has 0 spiro atoms. The Balaban J connectivity index is 3.05. The van der Waals surface area contributed by atoms with Crippen LogP contribution < -0.4 is 4.74 Å². The van der Waals surface area contributed by atoms with Crippen LogP contribution in [-0.2, 0) is 0 Å². The average Bonchev–Trinajstić information content (AvgIpc) is 2.28. The van der Waals surface area contributed by atoms with E-state index in [-0.39, 0.29) is 0 Å². The third kappa shape index (κ3) is 2.73. The van der Waals surface area contributed by atoms with Crippen LogP contribution in [0.2, 0.25) is 0 Å². The molecule has 1 unspecified atom stereocenters. The lowest BCUT2D eigenvalue weighted by atomic mass is 9.97. The number of nitrogens with zero attached hydrogens (tertiary/aromatic N) is 1. The molecule has 2 heteroatoms. The van der Waals surface area contributed by atoms with E-state index < -0.39 is 0 Å². The van der Waals surface area contributed by atoms with E-state index in [0.717, 1.165) is 6.42 Å². The maximum absolute atomic E-state index is 8.90. The van der Waals surface area contributed by atoms with Gasteiger partial charge in [-0.25, -0.2) is 0 Å². The Bertz CT molecular complexity index is 365. The van der Waals surface area contributed by atoms with E-state index >= 15 is 0 Å². The van der Waals surface area contributed by atoms with Crippen LogP contribution in [0.5, 0.6) is 5.75 Å². The summed E-state index contributed by atoms with van der Waals surface area (Å²) in [6.07, 6.45) is 1.09. The van der Waals surface area contributed by atoms with Crippen molar-refractivity contribution in [2.24, 2.45) is 0 Å². The van der Waals surface area contributed by atoms with Gasteiger partial charge in [0.25, 0.3) is 0 Å². The fourth-order valence-electron chi connectivity index (χ4n) is 1.45. The van der Waals surface area contributed by atoms with Gasteiger partial charge in [0, 0.05) is 0 Å². The largest absolute Gasteiger partial charge is 0.492 e. The molecule has 1 atom stereocenters. The standard InChI is InChI=1S/C13H17NO/c1-4-10(3)11-6-7-12(9-14)13(8-11)15-5-2/h6-8,10H,4-5H2,1-3H3. The molecule has 0 aliphatic carbocycles. The second-order valence-electron chi connectivity index (χ2n) is 3.61. The summed E-state index contributed by atoms with van der Waals surface area (Å²) in [6, 6.07) is 7.97.